The van der Waals surface area contributed by atoms with Gasteiger partial charge in [-0.3, -0.25) is 14.2 Å². The molecule has 10 heteroatoms. The summed E-state index contributed by atoms with van der Waals surface area (Å²) in [6, 6.07) is 7.58. The first-order valence-corrected chi connectivity index (χ1v) is 8.58. The van der Waals surface area contributed by atoms with E-state index in [0.717, 1.165) is 23.6 Å². The number of aryl methyl sites for hydroxylation is 1. The maximum absolute atomic E-state index is 12.8. The fourth-order valence-electron chi connectivity index (χ4n) is 3.02. The molecule has 4 rings (SSSR count). The van der Waals surface area contributed by atoms with Gasteiger partial charge in [-0.1, -0.05) is 6.07 Å². The van der Waals surface area contributed by atoms with Crippen molar-refractivity contribution in [2.24, 2.45) is 0 Å². The van der Waals surface area contributed by atoms with Gasteiger partial charge in [0, 0.05) is 18.1 Å². The van der Waals surface area contributed by atoms with Gasteiger partial charge in [-0.15, -0.1) is 0 Å². The summed E-state index contributed by atoms with van der Waals surface area (Å²) in [6.45, 7) is 3.58. The molecule has 0 aliphatic carbocycles. The minimum Gasteiger partial charge on any atom is -0.322 e. The third kappa shape index (κ3) is 3.44. The number of anilines is 1. The molecular formula is C19H15F3N6O. The van der Waals surface area contributed by atoms with Crippen LogP contribution in [0.2, 0.25) is 0 Å². The van der Waals surface area contributed by atoms with Crippen LogP contribution in [0.1, 0.15) is 27.4 Å². The monoisotopic (exact) mass is 400 g/mol. The number of hydrogen-bond donors (Lipinski definition) is 1. The number of carbonyl (C=O) groups excluding carboxylic acids is 1. The van der Waals surface area contributed by atoms with Crippen LogP contribution in [0.4, 0.5) is 18.9 Å². The molecule has 0 aliphatic rings. The zero-order valence-corrected chi connectivity index (χ0v) is 15.4. The highest BCUT2D eigenvalue weighted by Gasteiger charge is 2.32. The minimum absolute atomic E-state index is 0.00295. The van der Waals surface area contributed by atoms with Crippen LogP contribution in [0.5, 0.6) is 0 Å². The van der Waals surface area contributed by atoms with E-state index in [9.17, 15) is 18.0 Å². The second kappa shape index (κ2) is 6.73. The Kier molecular flexibility index (Phi) is 4.33. The number of amides is 1. The van der Waals surface area contributed by atoms with Gasteiger partial charge in [0.05, 0.1) is 23.1 Å². The lowest BCUT2D eigenvalue weighted by atomic mass is 10.2. The first-order valence-electron chi connectivity index (χ1n) is 8.58. The highest BCUT2D eigenvalue weighted by molar-refractivity contribution is 6.05. The number of pyridine rings is 2. The van der Waals surface area contributed by atoms with Crippen molar-refractivity contribution in [2.75, 3.05) is 5.32 Å². The third-order valence-electron chi connectivity index (χ3n) is 4.37. The first-order chi connectivity index (χ1) is 13.7. The number of halogens is 3. The topological polar surface area (TPSA) is 77.1 Å². The summed E-state index contributed by atoms with van der Waals surface area (Å²) in [5.74, 6) is 0.116. The molecule has 0 radical (unpaired) electrons. The molecule has 0 aromatic carbocycles. The predicted molar refractivity (Wildman–Crippen MR) is 99.0 cm³/mol. The highest BCUT2D eigenvalue weighted by atomic mass is 19.4. The van der Waals surface area contributed by atoms with Crippen LogP contribution in [-0.2, 0) is 6.18 Å². The summed E-state index contributed by atoms with van der Waals surface area (Å²) >= 11 is 0. The van der Waals surface area contributed by atoms with E-state index in [1.807, 2.05) is 35.7 Å². The number of rotatable bonds is 3. The van der Waals surface area contributed by atoms with Gasteiger partial charge in [0.2, 0.25) is 0 Å². The lowest BCUT2D eigenvalue weighted by molar-refractivity contribution is -0.141. The fraction of sp³-hybridized carbons (Fsp3) is 0.158. The fourth-order valence-corrected chi connectivity index (χ4v) is 3.02. The van der Waals surface area contributed by atoms with Crippen molar-refractivity contribution >= 4 is 17.2 Å². The van der Waals surface area contributed by atoms with Gasteiger partial charge in [-0.25, -0.2) is 9.67 Å². The van der Waals surface area contributed by atoms with Gasteiger partial charge < -0.3 is 5.32 Å². The molecule has 0 spiro atoms. The van der Waals surface area contributed by atoms with Crippen molar-refractivity contribution in [1.82, 2.24) is 24.1 Å². The maximum Gasteiger partial charge on any atom is 0.433 e. The van der Waals surface area contributed by atoms with Gasteiger partial charge in [-0.2, -0.15) is 18.3 Å². The van der Waals surface area contributed by atoms with Gasteiger partial charge in [0.15, 0.2) is 0 Å². The van der Waals surface area contributed by atoms with E-state index in [-0.39, 0.29) is 11.3 Å². The quantitative estimate of drug-likeness (QED) is 0.568. The van der Waals surface area contributed by atoms with Crippen molar-refractivity contribution < 1.29 is 18.0 Å². The lowest BCUT2D eigenvalue weighted by Crippen LogP contribution is -2.15. The molecule has 0 aliphatic heterocycles. The van der Waals surface area contributed by atoms with Crippen LogP contribution in [0, 0.1) is 13.8 Å². The van der Waals surface area contributed by atoms with Crippen LogP contribution < -0.4 is 5.32 Å². The predicted octanol–water partition coefficient (Wildman–Crippen LogP) is 3.80. The molecule has 0 unspecified atom stereocenters. The molecule has 0 bridgehead atoms. The number of imidazole rings is 1. The SMILES string of the molecule is Cc1cn2c(-n3ncc(C(=O)Nc4ccnc(C(F)(F)F)c4)c3C)cccc2n1. The normalized spacial score (nSPS) is 11.8. The van der Waals surface area contributed by atoms with E-state index in [2.05, 4.69) is 20.4 Å². The molecule has 4 aromatic rings. The second-order valence-electron chi connectivity index (χ2n) is 6.43. The smallest absolute Gasteiger partial charge is 0.322 e. The first kappa shape index (κ1) is 18.7. The summed E-state index contributed by atoms with van der Waals surface area (Å²) in [5.41, 5.74) is 1.26. The lowest BCUT2D eigenvalue weighted by Gasteiger charge is -2.10. The number of hydrogen-bond acceptors (Lipinski definition) is 4. The van der Waals surface area contributed by atoms with E-state index < -0.39 is 17.8 Å². The van der Waals surface area contributed by atoms with Gasteiger partial charge in [0.1, 0.15) is 17.2 Å². The molecule has 1 amide bonds. The molecular weight excluding hydrogens is 385 g/mol. The number of carbonyl (C=O) groups is 1. The van der Waals surface area contributed by atoms with Crippen molar-refractivity contribution in [3.8, 4) is 5.82 Å². The molecule has 4 aromatic heterocycles. The average molecular weight is 400 g/mol. The van der Waals surface area contributed by atoms with Crippen LogP contribution in [-0.4, -0.2) is 30.1 Å². The molecule has 0 atom stereocenters. The Labute approximate surface area is 162 Å². The summed E-state index contributed by atoms with van der Waals surface area (Å²) in [6.07, 6.45) is -0.375. The van der Waals surface area contributed by atoms with E-state index in [0.29, 0.717) is 11.5 Å². The standard InChI is InChI=1S/C19H15F3N6O/c1-11-10-27-16(25-11)4-3-5-17(27)28-12(2)14(9-24-28)18(29)26-13-6-7-23-15(8-13)19(20,21)22/h3-10H,1-2H3,(H,23,26,29). The zero-order valence-electron chi connectivity index (χ0n) is 15.4. The van der Waals surface area contributed by atoms with Crippen LogP contribution in [0.15, 0.2) is 48.9 Å². The molecule has 0 fully saturated rings. The average Bonchev–Trinajstić information content (AvgIpc) is 3.22. The number of alkyl halides is 3. The Morgan fingerprint density at radius 1 is 1.17 bits per heavy atom. The van der Waals surface area contributed by atoms with Gasteiger partial charge >= 0.3 is 6.18 Å². The summed E-state index contributed by atoms with van der Waals surface area (Å²) in [4.78, 5) is 20.3. The van der Waals surface area contributed by atoms with Crippen LogP contribution >= 0.6 is 0 Å². The van der Waals surface area contributed by atoms with Crippen molar-refractivity contribution in [3.63, 3.8) is 0 Å². The van der Waals surface area contributed by atoms with Crippen LogP contribution in [0.3, 0.4) is 0 Å². The minimum atomic E-state index is -4.59. The molecule has 29 heavy (non-hydrogen) atoms. The van der Waals surface area contributed by atoms with E-state index >= 15 is 0 Å². The highest BCUT2D eigenvalue weighted by Crippen LogP contribution is 2.29. The maximum atomic E-state index is 12.8. The summed E-state index contributed by atoms with van der Waals surface area (Å²) in [5, 5.41) is 6.75. The Bertz CT molecular complexity index is 1220. The Hall–Kier alpha value is -3.69. The van der Waals surface area contributed by atoms with Gasteiger partial charge in [-0.05, 0) is 38.1 Å². The summed E-state index contributed by atoms with van der Waals surface area (Å²) < 4.78 is 41.9. The largest absolute Gasteiger partial charge is 0.433 e. The second-order valence-corrected chi connectivity index (χ2v) is 6.43. The van der Waals surface area contributed by atoms with E-state index in [4.69, 9.17) is 0 Å². The number of fused-ring (bicyclic) bond motifs is 1. The molecule has 4 heterocycles. The van der Waals surface area contributed by atoms with Crippen molar-refractivity contribution in [2.45, 2.75) is 20.0 Å². The molecule has 0 saturated heterocycles. The third-order valence-corrected chi connectivity index (χ3v) is 4.37. The number of nitrogens with zero attached hydrogens (tertiary/aromatic N) is 5. The Balaban J connectivity index is 1.66. The number of nitrogens with one attached hydrogen (secondary N) is 1. The van der Waals surface area contributed by atoms with E-state index in [1.54, 1.807) is 11.6 Å². The molecule has 1 N–H and O–H groups in total. The molecule has 0 saturated carbocycles. The van der Waals surface area contributed by atoms with Crippen LogP contribution in [0.25, 0.3) is 11.5 Å². The van der Waals surface area contributed by atoms with Crippen molar-refractivity contribution in [3.05, 3.63) is 71.6 Å². The summed E-state index contributed by atoms with van der Waals surface area (Å²) in [7, 11) is 0. The zero-order chi connectivity index (χ0) is 20.8. The number of aromatic nitrogens is 5. The van der Waals surface area contributed by atoms with E-state index in [1.165, 1.54) is 12.3 Å². The Morgan fingerprint density at radius 2 is 1.97 bits per heavy atom. The Morgan fingerprint density at radius 3 is 2.72 bits per heavy atom. The molecule has 148 valence electrons. The van der Waals surface area contributed by atoms with Gasteiger partial charge in [0.25, 0.3) is 5.91 Å². The van der Waals surface area contributed by atoms with Crippen molar-refractivity contribution in [1.29, 1.82) is 0 Å². The molecule has 7 nitrogen and oxygen atoms in total.